The van der Waals surface area contributed by atoms with Gasteiger partial charge in [-0.2, -0.15) is 0 Å². The number of hydrogen-bond donors (Lipinski definition) is 2. The highest BCUT2D eigenvalue weighted by atomic mass is 35.5. The topological polar surface area (TPSA) is 89.4 Å². The lowest BCUT2D eigenvalue weighted by Crippen LogP contribution is -2.40. The summed E-state index contributed by atoms with van der Waals surface area (Å²) in [6.45, 7) is 1.73. The fourth-order valence-corrected chi connectivity index (χ4v) is 2.44. The molecule has 4 N–H and O–H groups in total. The van der Waals surface area contributed by atoms with E-state index < -0.39 is 10.9 Å². The highest BCUT2D eigenvalue weighted by Crippen LogP contribution is 2.29. The van der Waals surface area contributed by atoms with Crippen molar-refractivity contribution in [3.63, 3.8) is 0 Å². The molecule has 19 heavy (non-hydrogen) atoms. The first kappa shape index (κ1) is 13.6. The number of anilines is 2. The second kappa shape index (κ2) is 4.68. The Morgan fingerprint density at radius 1 is 1.11 bits per heavy atom. The van der Waals surface area contributed by atoms with Crippen LogP contribution < -0.4 is 27.2 Å². The van der Waals surface area contributed by atoms with Crippen molar-refractivity contribution in [2.75, 3.05) is 10.6 Å². The summed E-state index contributed by atoms with van der Waals surface area (Å²) in [5, 5.41) is 0. The molecule has 0 fully saturated rings. The molecule has 0 aromatic heterocycles. The van der Waals surface area contributed by atoms with Crippen molar-refractivity contribution in [3.05, 3.63) is 55.3 Å². The first-order chi connectivity index (χ1) is 8.61. The van der Waals surface area contributed by atoms with Gasteiger partial charge in [-0.05, 0) is 16.7 Å². The third kappa shape index (κ3) is 1.91. The minimum Gasteiger partial charge on any atom is -0.394 e. The van der Waals surface area contributed by atoms with E-state index in [0.717, 1.165) is 16.7 Å². The fraction of sp³-hybridized carbons (Fsp3) is 0.231. The van der Waals surface area contributed by atoms with Crippen molar-refractivity contribution in [2.45, 2.75) is 19.6 Å². The maximum atomic E-state index is 11.5. The third-order valence-electron chi connectivity index (χ3n) is 3.47. The molecule has 0 radical (unpaired) electrons. The Kier molecular flexibility index (Phi) is 3.34. The Morgan fingerprint density at radius 3 is 2.42 bits per heavy atom. The summed E-state index contributed by atoms with van der Waals surface area (Å²) in [6, 6.07) is 6.03. The molecule has 0 spiro atoms. The van der Waals surface area contributed by atoms with E-state index in [-0.39, 0.29) is 18.1 Å². The fourth-order valence-electron chi connectivity index (χ4n) is 2.44. The van der Waals surface area contributed by atoms with Crippen LogP contribution in [-0.4, -0.2) is 0 Å². The second-order valence-corrected chi connectivity index (χ2v) is 4.58. The first-order valence-electron chi connectivity index (χ1n) is 5.76. The van der Waals surface area contributed by atoms with Crippen LogP contribution in [0.25, 0.3) is 0 Å². The predicted molar refractivity (Wildman–Crippen MR) is 77.2 cm³/mol. The summed E-state index contributed by atoms with van der Waals surface area (Å²) in [5.74, 6) is 0. The van der Waals surface area contributed by atoms with Gasteiger partial charge in [0.05, 0.1) is 0 Å². The molecule has 0 saturated heterocycles. The van der Waals surface area contributed by atoms with E-state index in [9.17, 15) is 9.59 Å². The number of rotatable bonds is 2. The Morgan fingerprint density at radius 2 is 1.79 bits per heavy atom. The number of halogens is 1. The van der Waals surface area contributed by atoms with Crippen LogP contribution in [0.2, 0.25) is 0 Å². The smallest absolute Gasteiger partial charge is 0.253 e. The molecule has 100 valence electrons. The molecule has 0 saturated carbocycles. The van der Waals surface area contributed by atoms with E-state index in [0.29, 0.717) is 25.3 Å². The normalized spacial score (nSPS) is 13.4. The minimum atomic E-state index is -0.566. The minimum absolute atomic E-state index is 0. The SMILES string of the molecule is Cl.NCc1ccc2c(c1)CN(c1c(N)c(=O)c1=O)C2. The van der Waals surface area contributed by atoms with Gasteiger partial charge in [-0.15, -0.1) is 12.4 Å². The first-order valence-corrected chi connectivity index (χ1v) is 5.76. The molecule has 6 heteroatoms. The lowest BCUT2D eigenvalue weighted by Gasteiger charge is -2.19. The summed E-state index contributed by atoms with van der Waals surface area (Å²) in [5.41, 5.74) is 13.9. The van der Waals surface area contributed by atoms with Gasteiger partial charge in [0, 0.05) is 19.6 Å². The zero-order chi connectivity index (χ0) is 12.9. The zero-order valence-electron chi connectivity index (χ0n) is 10.2. The molecule has 1 aliphatic rings. The second-order valence-electron chi connectivity index (χ2n) is 4.58. The Balaban J connectivity index is 0.00000133. The van der Waals surface area contributed by atoms with Gasteiger partial charge in [-0.25, -0.2) is 0 Å². The predicted octanol–water partition coefficient (Wildman–Crippen LogP) is 0.265. The van der Waals surface area contributed by atoms with Crippen molar-refractivity contribution in [3.8, 4) is 0 Å². The van der Waals surface area contributed by atoms with Crippen LogP contribution in [0.1, 0.15) is 16.7 Å². The molecule has 1 heterocycles. The molecular formula is C13H14ClN3O2. The van der Waals surface area contributed by atoms with Crippen molar-refractivity contribution in [1.82, 2.24) is 0 Å². The maximum Gasteiger partial charge on any atom is 0.253 e. The highest BCUT2D eigenvalue weighted by molar-refractivity contribution is 5.85. The molecule has 0 bridgehead atoms. The van der Waals surface area contributed by atoms with Crippen LogP contribution >= 0.6 is 12.4 Å². The molecule has 5 nitrogen and oxygen atoms in total. The van der Waals surface area contributed by atoms with Crippen molar-refractivity contribution in [1.29, 1.82) is 0 Å². The lowest BCUT2D eigenvalue weighted by atomic mass is 10.1. The zero-order valence-corrected chi connectivity index (χ0v) is 11.0. The summed E-state index contributed by atoms with van der Waals surface area (Å²) in [4.78, 5) is 24.5. The van der Waals surface area contributed by atoms with E-state index in [2.05, 4.69) is 0 Å². The standard InChI is InChI=1S/C13H13N3O2.ClH/c14-4-7-1-2-8-5-16(6-9(8)3-7)11-10(15)12(17)13(11)18;/h1-3H,4-6,14-15H2;1H. The Hall–Kier alpha value is -1.85. The van der Waals surface area contributed by atoms with E-state index in [1.165, 1.54) is 0 Å². The Bertz CT molecular complexity index is 704. The van der Waals surface area contributed by atoms with Gasteiger partial charge >= 0.3 is 0 Å². The van der Waals surface area contributed by atoms with Crippen LogP contribution in [0.15, 0.2) is 27.8 Å². The van der Waals surface area contributed by atoms with E-state index >= 15 is 0 Å². The summed E-state index contributed by atoms with van der Waals surface area (Å²) in [7, 11) is 0. The molecule has 0 atom stereocenters. The van der Waals surface area contributed by atoms with Gasteiger partial charge < -0.3 is 16.4 Å². The van der Waals surface area contributed by atoms with Crippen molar-refractivity contribution >= 4 is 23.8 Å². The van der Waals surface area contributed by atoms with Gasteiger partial charge in [-0.1, -0.05) is 18.2 Å². The van der Waals surface area contributed by atoms with Gasteiger partial charge in [0.15, 0.2) is 0 Å². The van der Waals surface area contributed by atoms with Crippen LogP contribution in [0.3, 0.4) is 0 Å². The van der Waals surface area contributed by atoms with E-state index in [1.54, 1.807) is 0 Å². The van der Waals surface area contributed by atoms with E-state index in [4.69, 9.17) is 11.5 Å². The molecule has 0 amide bonds. The summed E-state index contributed by atoms with van der Waals surface area (Å²) < 4.78 is 0. The number of nitrogens with zero attached hydrogens (tertiary/aromatic N) is 1. The maximum absolute atomic E-state index is 11.5. The van der Waals surface area contributed by atoms with Crippen LogP contribution in [0.4, 0.5) is 11.4 Å². The van der Waals surface area contributed by atoms with Crippen LogP contribution in [-0.2, 0) is 19.6 Å². The monoisotopic (exact) mass is 279 g/mol. The number of hydrogen-bond acceptors (Lipinski definition) is 5. The van der Waals surface area contributed by atoms with Crippen molar-refractivity contribution < 1.29 is 0 Å². The summed E-state index contributed by atoms with van der Waals surface area (Å²) in [6.07, 6.45) is 0. The largest absolute Gasteiger partial charge is 0.394 e. The number of nitrogen functional groups attached to an aromatic ring is 1. The highest BCUT2D eigenvalue weighted by Gasteiger charge is 2.28. The quantitative estimate of drug-likeness (QED) is 0.770. The molecule has 0 aliphatic carbocycles. The number of fused-ring (bicyclic) bond motifs is 1. The lowest BCUT2D eigenvalue weighted by molar-refractivity contribution is 0.869. The van der Waals surface area contributed by atoms with Crippen molar-refractivity contribution in [2.24, 2.45) is 5.73 Å². The average Bonchev–Trinajstić information content (AvgIpc) is 2.80. The number of nitrogens with two attached hydrogens (primary N) is 2. The van der Waals surface area contributed by atoms with Gasteiger partial charge in [0.25, 0.3) is 10.9 Å². The molecule has 2 aromatic rings. The molecular weight excluding hydrogens is 266 g/mol. The van der Waals surface area contributed by atoms with E-state index in [1.807, 2.05) is 23.1 Å². The van der Waals surface area contributed by atoms with Crippen LogP contribution in [0.5, 0.6) is 0 Å². The Labute approximate surface area is 115 Å². The molecule has 3 rings (SSSR count). The molecule has 1 aliphatic heterocycles. The third-order valence-corrected chi connectivity index (χ3v) is 3.47. The summed E-state index contributed by atoms with van der Waals surface area (Å²) >= 11 is 0. The molecule has 2 aromatic carbocycles. The van der Waals surface area contributed by atoms with Gasteiger partial charge in [0.2, 0.25) is 0 Å². The number of benzene rings is 1. The molecule has 0 unspecified atom stereocenters. The van der Waals surface area contributed by atoms with Gasteiger partial charge in [0.1, 0.15) is 11.4 Å². The average molecular weight is 280 g/mol. The van der Waals surface area contributed by atoms with Crippen LogP contribution in [0, 0.1) is 0 Å². The van der Waals surface area contributed by atoms with Gasteiger partial charge in [-0.3, -0.25) is 9.59 Å².